The zero-order valence-electron chi connectivity index (χ0n) is 12.1. The highest BCUT2D eigenvalue weighted by Gasteiger charge is 2.10. The fraction of sp³-hybridized carbons (Fsp3) is 0.125. The molecule has 1 amide bonds. The Kier molecular flexibility index (Phi) is 5.51. The predicted octanol–water partition coefficient (Wildman–Crippen LogP) is 3.89. The van der Waals surface area contributed by atoms with Crippen LogP contribution in [0.2, 0.25) is 0 Å². The molecule has 0 bridgehead atoms. The van der Waals surface area contributed by atoms with Gasteiger partial charge in [0, 0.05) is 10.0 Å². The number of carbonyl (C=O) groups excluding carboxylic acids is 1. The van der Waals surface area contributed by atoms with Crippen molar-refractivity contribution in [2.75, 3.05) is 12.4 Å². The van der Waals surface area contributed by atoms with Crippen LogP contribution >= 0.6 is 28.1 Å². The first-order chi connectivity index (χ1) is 10.5. The molecule has 0 spiro atoms. The molecule has 2 aromatic carbocycles. The summed E-state index contributed by atoms with van der Waals surface area (Å²) < 4.78 is 6.10. The number of nitrogens with one attached hydrogen (secondary N) is 2. The van der Waals surface area contributed by atoms with Gasteiger partial charge in [-0.15, -0.1) is 0 Å². The number of para-hydroxylation sites is 2. The van der Waals surface area contributed by atoms with Crippen molar-refractivity contribution < 1.29 is 9.53 Å². The van der Waals surface area contributed by atoms with E-state index in [1.54, 1.807) is 19.2 Å². The molecule has 114 valence electrons. The molecule has 0 fully saturated rings. The molecule has 0 unspecified atom stereocenters. The maximum absolute atomic E-state index is 12.2. The Hall–Kier alpha value is -1.92. The van der Waals surface area contributed by atoms with Gasteiger partial charge in [-0.3, -0.25) is 10.1 Å². The highest BCUT2D eigenvalue weighted by Crippen LogP contribution is 2.23. The van der Waals surface area contributed by atoms with Crippen LogP contribution in [0.4, 0.5) is 5.69 Å². The summed E-state index contributed by atoms with van der Waals surface area (Å²) in [5, 5.41) is 5.81. The minimum Gasteiger partial charge on any atom is -0.495 e. The number of amides is 1. The van der Waals surface area contributed by atoms with Crippen molar-refractivity contribution in [2.24, 2.45) is 0 Å². The Morgan fingerprint density at radius 2 is 1.95 bits per heavy atom. The molecule has 2 N–H and O–H groups in total. The third-order valence-corrected chi connectivity index (χ3v) is 4.07. The molecule has 0 heterocycles. The summed E-state index contributed by atoms with van der Waals surface area (Å²) in [5.41, 5.74) is 2.29. The number of halogens is 1. The molecule has 4 nitrogen and oxygen atoms in total. The van der Waals surface area contributed by atoms with E-state index < -0.39 is 0 Å². The molecule has 0 aliphatic rings. The predicted molar refractivity (Wildman–Crippen MR) is 95.6 cm³/mol. The largest absolute Gasteiger partial charge is 0.495 e. The maximum atomic E-state index is 12.2. The Bertz CT molecular complexity index is 719. The van der Waals surface area contributed by atoms with Gasteiger partial charge in [0.2, 0.25) is 0 Å². The van der Waals surface area contributed by atoms with Crippen molar-refractivity contribution in [3.63, 3.8) is 0 Å². The molecule has 0 radical (unpaired) electrons. The van der Waals surface area contributed by atoms with E-state index in [0.717, 1.165) is 10.0 Å². The third-order valence-electron chi connectivity index (χ3n) is 3.02. The van der Waals surface area contributed by atoms with Gasteiger partial charge >= 0.3 is 0 Å². The van der Waals surface area contributed by atoms with Crippen LogP contribution in [0.1, 0.15) is 15.9 Å². The highest BCUT2D eigenvalue weighted by atomic mass is 79.9. The van der Waals surface area contributed by atoms with Gasteiger partial charge in [-0.2, -0.15) is 0 Å². The number of aryl methyl sites for hydroxylation is 1. The van der Waals surface area contributed by atoms with Gasteiger partial charge in [0.25, 0.3) is 5.91 Å². The molecule has 2 rings (SSSR count). The topological polar surface area (TPSA) is 50.4 Å². The van der Waals surface area contributed by atoms with E-state index in [2.05, 4.69) is 26.6 Å². The second-order valence-corrected chi connectivity index (χ2v) is 5.84. The van der Waals surface area contributed by atoms with E-state index >= 15 is 0 Å². The maximum Gasteiger partial charge on any atom is 0.257 e. The molecule has 0 saturated heterocycles. The standard InChI is InChI=1S/C16H15BrN2O2S/c1-10-7-8-11(9-12(10)17)15(20)19-16(22)18-13-5-3-4-6-14(13)21-2/h3-9H,1-2H3,(H2,18,19,20,22). The van der Waals surface area contributed by atoms with E-state index in [9.17, 15) is 4.79 Å². The normalized spacial score (nSPS) is 9.95. The minimum absolute atomic E-state index is 0.214. The zero-order valence-corrected chi connectivity index (χ0v) is 14.5. The Balaban J connectivity index is 2.05. The second kappa shape index (κ2) is 7.38. The summed E-state index contributed by atoms with van der Waals surface area (Å²) in [6.07, 6.45) is 0. The van der Waals surface area contributed by atoms with Gasteiger partial charge in [0.05, 0.1) is 12.8 Å². The first kappa shape index (κ1) is 16.5. The number of carbonyl (C=O) groups is 1. The average Bonchev–Trinajstić information content (AvgIpc) is 2.50. The number of methoxy groups -OCH3 is 1. The quantitative estimate of drug-likeness (QED) is 0.795. The van der Waals surface area contributed by atoms with Gasteiger partial charge in [-0.05, 0) is 49.0 Å². The molecule has 0 aromatic heterocycles. The lowest BCUT2D eigenvalue weighted by Gasteiger charge is -2.12. The van der Waals surface area contributed by atoms with Crippen LogP contribution in [0.3, 0.4) is 0 Å². The molecule has 0 aliphatic carbocycles. The van der Waals surface area contributed by atoms with Gasteiger partial charge < -0.3 is 10.1 Å². The molecular weight excluding hydrogens is 364 g/mol. The average molecular weight is 379 g/mol. The first-order valence-corrected chi connectivity index (χ1v) is 7.73. The fourth-order valence-corrected chi connectivity index (χ4v) is 2.39. The molecule has 22 heavy (non-hydrogen) atoms. The molecular formula is C16H15BrN2O2S. The van der Waals surface area contributed by atoms with Crippen LogP contribution in [0.5, 0.6) is 5.75 Å². The van der Waals surface area contributed by atoms with E-state index in [4.69, 9.17) is 17.0 Å². The number of anilines is 1. The summed E-state index contributed by atoms with van der Waals surface area (Å²) in [7, 11) is 1.58. The van der Waals surface area contributed by atoms with E-state index in [0.29, 0.717) is 17.0 Å². The Labute approximate surface area is 143 Å². The van der Waals surface area contributed by atoms with Crippen molar-refractivity contribution in [3.8, 4) is 5.75 Å². The number of rotatable bonds is 3. The van der Waals surface area contributed by atoms with Gasteiger partial charge in [0.15, 0.2) is 5.11 Å². The van der Waals surface area contributed by atoms with Crippen molar-refractivity contribution in [1.82, 2.24) is 5.32 Å². The first-order valence-electron chi connectivity index (χ1n) is 6.52. The van der Waals surface area contributed by atoms with Gasteiger partial charge in [-0.25, -0.2) is 0 Å². The number of ether oxygens (including phenoxy) is 1. The zero-order chi connectivity index (χ0) is 16.1. The molecule has 0 saturated carbocycles. The van der Waals surface area contributed by atoms with Crippen molar-refractivity contribution in [1.29, 1.82) is 0 Å². The number of thiocarbonyl (C=S) groups is 1. The van der Waals surface area contributed by atoms with Crippen molar-refractivity contribution in [2.45, 2.75) is 6.92 Å². The lowest BCUT2D eigenvalue weighted by Crippen LogP contribution is -2.34. The van der Waals surface area contributed by atoms with E-state index in [1.807, 2.05) is 37.3 Å². The lowest BCUT2D eigenvalue weighted by molar-refractivity contribution is 0.0977. The fourth-order valence-electron chi connectivity index (χ4n) is 1.81. The van der Waals surface area contributed by atoms with Crippen LogP contribution in [0.15, 0.2) is 46.9 Å². The highest BCUT2D eigenvalue weighted by molar-refractivity contribution is 9.10. The SMILES string of the molecule is COc1ccccc1NC(=S)NC(=O)c1ccc(C)c(Br)c1. The number of hydrogen-bond acceptors (Lipinski definition) is 3. The van der Waals surface area contributed by atoms with Gasteiger partial charge in [0.1, 0.15) is 5.75 Å². The Morgan fingerprint density at radius 1 is 1.23 bits per heavy atom. The summed E-state index contributed by atoms with van der Waals surface area (Å²) in [6.45, 7) is 1.96. The summed E-state index contributed by atoms with van der Waals surface area (Å²) in [5.74, 6) is 0.380. The van der Waals surface area contributed by atoms with E-state index in [1.165, 1.54) is 0 Å². The van der Waals surface area contributed by atoms with E-state index in [-0.39, 0.29) is 11.0 Å². The lowest BCUT2D eigenvalue weighted by atomic mass is 10.1. The number of hydrogen-bond donors (Lipinski definition) is 2. The van der Waals surface area contributed by atoms with Crippen LogP contribution in [-0.4, -0.2) is 18.1 Å². The van der Waals surface area contributed by atoms with Crippen LogP contribution in [0, 0.1) is 6.92 Å². The van der Waals surface area contributed by atoms with Crippen LogP contribution < -0.4 is 15.4 Å². The van der Waals surface area contributed by atoms with Crippen LogP contribution in [-0.2, 0) is 0 Å². The smallest absolute Gasteiger partial charge is 0.257 e. The third kappa shape index (κ3) is 4.05. The molecule has 6 heteroatoms. The van der Waals surface area contributed by atoms with Crippen molar-refractivity contribution in [3.05, 3.63) is 58.1 Å². The molecule has 0 aliphatic heterocycles. The Morgan fingerprint density at radius 3 is 2.64 bits per heavy atom. The van der Waals surface area contributed by atoms with Crippen LogP contribution in [0.25, 0.3) is 0 Å². The molecule has 2 aromatic rings. The minimum atomic E-state index is -0.270. The molecule has 0 atom stereocenters. The summed E-state index contributed by atoms with van der Waals surface area (Å²) >= 11 is 8.58. The van der Waals surface area contributed by atoms with Gasteiger partial charge in [-0.1, -0.05) is 34.1 Å². The second-order valence-electron chi connectivity index (χ2n) is 4.57. The summed E-state index contributed by atoms with van der Waals surface area (Å²) in [4.78, 5) is 12.2. The summed E-state index contributed by atoms with van der Waals surface area (Å²) in [6, 6.07) is 12.7. The van der Waals surface area contributed by atoms with Crippen molar-refractivity contribution >= 4 is 44.9 Å². The monoisotopic (exact) mass is 378 g/mol. The number of benzene rings is 2.